The second-order valence-corrected chi connectivity index (χ2v) is 7.56. The molecule has 7 heteroatoms. The fourth-order valence-electron chi connectivity index (χ4n) is 2.77. The van der Waals surface area contributed by atoms with Gasteiger partial charge in [-0.25, -0.2) is 0 Å². The van der Waals surface area contributed by atoms with E-state index in [4.69, 9.17) is 4.74 Å². The van der Waals surface area contributed by atoms with Crippen molar-refractivity contribution in [2.75, 3.05) is 11.1 Å². The van der Waals surface area contributed by atoms with Crippen LogP contribution < -0.4 is 10.1 Å². The number of para-hydroxylation sites is 2. The van der Waals surface area contributed by atoms with E-state index in [1.54, 1.807) is 0 Å². The van der Waals surface area contributed by atoms with Crippen molar-refractivity contribution in [2.24, 2.45) is 7.05 Å². The molecule has 0 saturated carbocycles. The van der Waals surface area contributed by atoms with Gasteiger partial charge in [-0.2, -0.15) is 0 Å². The highest BCUT2D eigenvalue weighted by atomic mass is 32.2. The van der Waals surface area contributed by atoms with Gasteiger partial charge < -0.3 is 14.6 Å². The van der Waals surface area contributed by atoms with E-state index < -0.39 is 0 Å². The Morgan fingerprint density at radius 2 is 1.71 bits per heavy atom. The molecule has 0 fully saturated rings. The van der Waals surface area contributed by atoms with Crippen LogP contribution in [0.2, 0.25) is 0 Å². The van der Waals surface area contributed by atoms with Crippen LogP contribution in [0.1, 0.15) is 22.5 Å². The minimum absolute atomic E-state index is 0.0666. The molecule has 2 aromatic carbocycles. The number of benzene rings is 2. The Balaban J connectivity index is 1.57. The molecule has 0 aliphatic rings. The van der Waals surface area contributed by atoms with Crippen LogP contribution in [0.15, 0.2) is 47.6 Å². The number of amides is 1. The molecule has 3 rings (SSSR count). The lowest BCUT2D eigenvalue weighted by atomic mass is 10.1. The van der Waals surface area contributed by atoms with E-state index in [2.05, 4.69) is 15.5 Å². The standard InChI is InChI=1S/C21H24N4O2S/c1-14-8-5-6-11-17(14)27-12-18-23-24-21(25(18)4)28-13-19(26)22-20-15(2)9-7-10-16(20)3/h5-11H,12-13H2,1-4H3,(H,22,26). The molecule has 146 valence electrons. The smallest absolute Gasteiger partial charge is 0.234 e. The van der Waals surface area contributed by atoms with Crippen LogP contribution >= 0.6 is 11.8 Å². The third-order valence-electron chi connectivity index (χ3n) is 4.45. The Bertz CT molecular complexity index is 964. The summed E-state index contributed by atoms with van der Waals surface area (Å²) in [4.78, 5) is 12.3. The fraction of sp³-hybridized carbons (Fsp3) is 0.286. The molecule has 1 N–H and O–H groups in total. The predicted molar refractivity (Wildman–Crippen MR) is 112 cm³/mol. The van der Waals surface area contributed by atoms with Gasteiger partial charge in [0.25, 0.3) is 0 Å². The average molecular weight is 397 g/mol. The van der Waals surface area contributed by atoms with Crippen molar-refractivity contribution in [1.29, 1.82) is 0 Å². The number of ether oxygens (including phenoxy) is 1. The molecule has 1 aromatic heterocycles. The van der Waals surface area contributed by atoms with Gasteiger partial charge in [0, 0.05) is 12.7 Å². The summed E-state index contributed by atoms with van der Waals surface area (Å²) in [6, 6.07) is 13.8. The lowest BCUT2D eigenvalue weighted by Crippen LogP contribution is -2.16. The first kappa shape index (κ1) is 19.9. The molecule has 1 heterocycles. The molecule has 1 amide bonds. The minimum atomic E-state index is -0.0666. The number of hydrogen-bond donors (Lipinski definition) is 1. The van der Waals surface area contributed by atoms with Crippen molar-refractivity contribution in [3.63, 3.8) is 0 Å². The van der Waals surface area contributed by atoms with Crippen LogP contribution in [0.25, 0.3) is 0 Å². The zero-order valence-corrected chi connectivity index (χ0v) is 17.3. The molecule has 0 saturated heterocycles. The van der Waals surface area contributed by atoms with Gasteiger partial charge in [-0.05, 0) is 43.5 Å². The van der Waals surface area contributed by atoms with Gasteiger partial charge in [0.15, 0.2) is 11.0 Å². The first-order valence-electron chi connectivity index (χ1n) is 9.01. The second-order valence-electron chi connectivity index (χ2n) is 6.62. The van der Waals surface area contributed by atoms with Crippen LogP contribution in [0.4, 0.5) is 5.69 Å². The lowest BCUT2D eigenvalue weighted by molar-refractivity contribution is -0.113. The van der Waals surface area contributed by atoms with Gasteiger partial charge >= 0.3 is 0 Å². The van der Waals surface area contributed by atoms with Gasteiger partial charge in [-0.1, -0.05) is 48.2 Å². The Hall–Kier alpha value is -2.80. The molecule has 0 aliphatic heterocycles. The van der Waals surface area contributed by atoms with Crippen molar-refractivity contribution >= 4 is 23.4 Å². The topological polar surface area (TPSA) is 69.0 Å². The van der Waals surface area contributed by atoms with E-state index >= 15 is 0 Å². The summed E-state index contributed by atoms with van der Waals surface area (Å²) in [5.41, 5.74) is 4.04. The quantitative estimate of drug-likeness (QED) is 0.610. The number of nitrogens with zero attached hydrogens (tertiary/aromatic N) is 3. The van der Waals surface area contributed by atoms with Crippen molar-refractivity contribution in [1.82, 2.24) is 14.8 Å². The first-order valence-corrected chi connectivity index (χ1v) is 10.00. The SMILES string of the molecule is Cc1ccccc1OCc1nnc(SCC(=O)Nc2c(C)cccc2C)n1C. The minimum Gasteiger partial charge on any atom is -0.485 e. The van der Waals surface area contributed by atoms with Gasteiger partial charge in [-0.15, -0.1) is 10.2 Å². The van der Waals surface area contributed by atoms with Crippen LogP contribution in [0.5, 0.6) is 5.75 Å². The van der Waals surface area contributed by atoms with Gasteiger partial charge in [0.2, 0.25) is 5.91 Å². The number of thioether (sulfide) groups is 1. The second kappa shape index (κ2) is 8.93. The summed E-state index contributed by atoms with van der Waals surface area (Å²) in [6.07, 6.45) is 0. The van der Waals surface area contributed by atoms with E-state index in [0.29, 0.717) is 17.6 Å². The van der Waals surface area contributed by atoms with E-state index in [0.717, 1.165) is 28.1 Å². The van der Waals surface area contributed by atoms with Crippen LogP contribution in [-0.2, 0) is 18.4 Å². The van der Waals surface area contributed by atoms with Gasteiger partial charge in [-0.3, -0.25) is 4.79 Å². The first-order chi connectivity index (χ1) is 13.5. The normalized spacial score (nSPS) is 10.7. The summed E-state index contributed by atoms with van der Waals surface area (Å²) in [6.45, 7) is 6.30. The summed E-state index contributed by atoms with van der Waals surface area (Å²) in [5, 5.41) is 12.0. The summed E-state index contributed by atoms with van der Waals surface area (Å²) >= 11 is 1.35. The summed E-state index contributed by atoms with van der Waals surface area (Å²) < 4.78 is 7.69. The monoisotopic (exact) mass is 396 g/mol. The number of anilines is 1. The van der Waals surface area contributed by atoms with Crippen LogP contribution in [-0.4, -0.2) is 26.4 Å². The van der Waals surface area contributed by atoms with Crippen molar-refractivity contribution < 1.29 is 9.53 Å². The number of carbonyl (C=O) groups excluding carboxylic acids is 1. The number of carbonyl (C=O) groups is 1. The average Bonchev–Trinajstić information content (AvgIpc) is 3.02. The summed E-state index contributed by atoms with van der Waals surface area (Å²) in [5.74, 6) is 1.73. The van der Waals surface area contributed by atoms with Crippen molar-refractivity contribution in [3.05, 3.63) is 65.0 Å². The maximum atomic E-state index is 12.3. The van der Waals surface area contributed by atoms with Gasteiger partial charge in [0.05, 0.1) is 5.75 Å². The van der Waals surface area contributed by atoms with Crippen molar-refractivity contribution in [2.45, 2.75) is 32.5 Å². The highest BCUT2D eigenvalue weighted by Crippen LogP contribution is 2.22. The maximum Gasteiger partial charge on any atom is 0.234 e. The van der Waals surface area contributed by atoms with Crippen LogP contribution in [0, 0.1) is 20.8 Å². The van der Waals surface area contributed by atoms with E-state index in [1.807, 2.05) is 74.9 Å². The molecular weight excluding hydrogens is 372 g/mol. The third kappa shape index (κ3) is 4.72. The Morgan fingerprint density at radius 1 is 1.04 bits per heavy atom. The number of nitrogens with one attached hydrogen (secondary N) is 1. The number of hydrogen-bond acceptors (Lipinski definition) is 5. The highest BCUT2D eigenvalue weighted by molar-refractivity contribution is 7.99. The molecule has 28 heavy (non-hydrogen) atoms. The highest BCUT2D eigenvalue weighted by Gasteiger charge is 2.13. The zero-order valence-electron chi connectivity index (χ0n) is 16.5. The lowest BCUT2D eigenvalue weighted by Gasteiger charge is -2.11. The Morgan fingerprint density at radius 3 is 2.43 bits per heavy atom. The van der Waals surface area contributed by atoms with Gasteiger partial charge in [0.1, 0.15) is 12.4 Å². The van der Waals surface area contributed by atoms with E-state index in [9.17, 15) is 4.79 Å². The Kier molecular flexibility index (Phi) is 6.36. The molecule has 6 nitrogen and oxygen atoms in total. The predicted octanol–water partition coefficient (Wildman–Crippen LogP) is 4.05. The molecule has 0 radical (unpaired) electrons. The number of aromatic nitrogens is 3. The van der Waals surface area contributed by atoms with E-state index in [1.165, 1.54) is 11.8 Å². The number of rotatable bonds is 7. The molecule has 0 atom stereocenters. The van der Waals surface area contributed by atoms with E-state index in [-0.39, 0.29) is 11.7 Å². The van der Waals surface area contributed by atoms with Crippen molar-refractivity contribution in [3.8, 4) is 5.75 Å². The Labute approximate surface area is 169 Å². The molecule has 0 unspecified atom stereocenters. The fourth-order valence-corrected chi connectivity index (χ4v) is 3.50. The molecular formula is C21H24N4O2S. The summed E-state index contributed by atoms with van der Waals surface area (Å²) in [7, 11) is 1.88. The maximum absolute atomic E-state index is 12.3. The molecule has 0 spiro atoms. The molecule has 3 aromatic rings. The molecule has 0 aliphatic carbocycles. The third-order valence-corrected chi connectivity index (χ3v) is 5.47. The van der Waals surface area contributed by atoms with Crippen LogP contribution in [0.3, 0.4) is 0 Å². The zero-order chi connectivity index (χ0) is 20.1. The molecule has 0 bridgehead atoms. The number of aryl methyl sites for hydroxylation is 3. The largest absolute Gasteiger partial charge is 0.485 e.